The SMILES string of the molecule is CCCCCCCCCCCCCC/C=C/C(O)C(CO)NC(=O)CCCCCCCCC/C=C\CCCCCCCCOC(=O)CCCCCCCCCCCCC. The molecule has 0 saturated carbocycles. The minimum absolute atomic E-state index is 0.00339. The molecule has 348 valence electrons. The number of carbonyl (C=O) groups excluding carboxylic acids is 2. The first-order valence-electron chi connectivity index (χ1n) is 26.1. The average Bonchev–Trinajstić information content (AvgIpc) is 3.24. The van der Waals surface area contributed by atoms with Crippen molar-refractivity contribution in [2.75, 3.05) is 13.2 Å². The van der Waals surface area contributed by atoms with E-state index in [9.17, 15) is 19.8 Å². The molecule has 6 heteroatoms. The van der Waals surface area contributed by atoms with Crippen LogP contribution in [-0.2, 0) is 14.3 Å². The molecule has 0 aliphatic heterocycles. The molecular weight excluding hydrogens is 731 g/mol. The van der Waals surface area contributed by atoms with E-state index in [-0.39, 0.29) is 18.5 Å². The molecule has 0 bridgehead atoms. The smallest absolute Gasteiger partial charge is 0.305 e. The van der Waals surface area contributed by atoms with Crippen molar-refractivity contribution in [3.63, 3.8) is 0 Å². The van der Waals surface area contributed by atoms with Crippen molar-refractivity contribution in [3.8, 4) is 0 Å². The van der Waals surface area contributed by atoms with Crippen LogP contribution in [0.3, 0.4) is 0 Å². The molecule has 0 saturated heterocycles. The van der Waals surface area contributed by atoms with Gasteiger partial charge in [0.15, 0.2) is 0 Å². The van der Waals surface area contributed by atoms with Crippen LogP contribution in [0.5, 0.6) is 0 Å². The summed E-state index contributed by atoms with van der Waals surface area (Å²) in [5.74, 6) is -0.0833. The van der Waals surface area contributed by atoms with Crippen molar-refractivity contribution in [2.45, 2.75) is 289 Å². The maximum Gasteiger partial charge on any atom is 0.305 e. The summed E-state index contributed by atoms with van der Waals surface area (Å²) in [6.07, 6.45) is 57.5. The molecule has 0 rings (SSSR count). The topological polar surface area (TPSA) is 95.9 Å². The largest absolute Gasteiger partial charge is 0.466 e. The fourth-order valence-corrected chi connectivity index (χ4v) is 7.92. The number of aliphatic hydroxyl groups is 2. The number of unbranched alkanes of at least 4 members (excludes halogenated alkanes) is 35. The Hall–Kier alpha value is -1.66. The van der Waals surface area contributed by atoms with Crippen molar-refractivity contribution in [2.24, 2.45) is 0 Å². The van der Waals surface area contributed by atoms with E-state index < -0.39 is 12.1 Å². The first kappa shape index (κ1) is 57.3. The lowest BCUT2D eigenvalue weighted by atomic mass is 10.0. The average molecular weight is 832 g/mol. The van der Waals surface area contributed by atoms with Gasteiger partial charge < -0.3 is 20.3 Å². The van der Waals surface area contributed by atoms with Gasteiger partial charge in [-0.2, -0.15) is 0 Å². The highest BCUT2D eigenvalue weighted by Crippen LogP contribution is 2.15. The monoisotopic (exact) mass is 832 g/mol. The van der Waals surface area contributed by atoms with Crippen molar-refractivity contribution >= 4 is 11.9 Å². The minimum Gasteiger partial charge on any atom is -0.466 e. The van der Waals surface area contributed by atoms with Gasteiger partial charge in [0.2, 0.25) is 5.91 Å². The second-order valence-electron chi connectivity index (χ2n) is 17.9. The Balaban J connectivity index is 3.50. The van der Waals surface area contributed by atoms with Crippen LogP contribution >= 0.6 is 0 Å². The molecule has 6 nitrogen and oxygen atoms in total. The highest BCUT2D eigenvalue weighted by atomic mass is 16.5. The molecule has 59 heavy (non-hydrogen) atoms. The predicted octanol–water partition coefficient (Wildman–Crippen LogP) is 15.5. The van der Waals surface area contributed by atoms with Gasteiger partial charge in [-0.15, -0.1) is 0 Å². The van der Waals surface area contributed by atoms with Gasteiger partial charge in [0.05, 0.1) is 25.4 Å². The molecule has 0 radical (unpaired) electrons. The second-order valence-corrected chi connectivity index (χ2v) is 17.9. The number of amides is 1. The zero-order valence-electron chi connectivity index (χ0n) is 39.5. The zero-order chi connectivity index (χ0) is 43.0. The van der Waals surface area contributed by atoms with E-state index in [1.807, 2.05) is 6.08 Å². The van der Waals surface area contributed by atoms with Gasteiger partial charge in [-0.3, -0.25) is 9.59 Å². The highest BCUT2D eigenvalue weighted by Gasteiger charge is 2.18. The molecular formula is C53H101NO5. The fraction of sp³-hybridized carbons (Fsp3) is 0.887. The maximum absolute atomic E-state index is 12.4. The molecule has 2 unspecified atom stereocenters. The molecule has 0 aromatic rings. The van der Waals surface area contributed by atoms with Crippen molar-refractivity contribution < 1.29 is 24.5 Å². The van der Waals surface area contributed by atoms with Gasteiger partial charge >= 0.3 is 5.97 Å². The number of aliphatic hydroxyl groups excluding tert-OH is 2. The Morgan fingerprint density at radius 3 is 1.20 bits per heavy atom. The van der Waals surface area contributed by atoms with Gasteiger partial charge in [0.1, 0.15) is 0 Å². The zero-order valence-corrected chi connectivity index (χ0v) is 39.5. The van der Waals surface area contributed by atoms with Crippen molar-refractivity contribution in [1.29, 1.82) is 0 Å². The number of hydrogen-bond donors (Lipinski definition) is 3. The number of allylic oxidation sites excluding steroid dienone is 3. The summed E-state index contributed by atoms with van der Waals surface area (Å²) in [6, 6.07) is -0.635. The molecule has 0 heterocycles. The number of hydrogen-bond acceptors (Lipinski definition) is 5. The molecule has 0 aromatic carbocycles. The molecule has 3 N–H and O–H groups in total. The fourth-order valence-electron chi connectivity index (χ4n) is 7.92. The Morgan fingerprint density at radius 1 is 0.458 bits per heavy atom. The summed E-state index contributed by atoms with van der Waals surface area (Å²) in [5.41, 5.74) is 0. The number of nitrogens with one attached hydrogen (secondary N) is 1. The Bertz CT molecular complexity index is 920. The summed E-state index contributed by atoms with van der Waals surface area (Å²) in [4.78, 5) is 24.4. The number of ether oxygens (including phenoxy) is 1. The van der Waals surface area contributed by atoms with Crippen LogP contribution in [0.1, 0.15) is 277 Å². The van der Waals surface area contributed by atoms with Crippen LogP contribution in [0.4, 0.5) is 0 Å². The van der Waals surface area contributed by atoms with Crippen LogP contribution in [0.15, 0.2) is 24.3 Å². The van der Waals surface area contributed by atoms with Crippen LogP contribution in [-0.4, -0.2) is 47.4 Å². The summed E-state index contributed by atoms with van der Waals surface area (Å²) < 4.78 is 5.44. The van der Waals surface area contributed by atoms with Crippen LogP contribution in [0, 0.1) is 0 Å². The summed E-state index contributed by atoms with van der Waals surface area (Å²) in [7, 11) is 0. The van der Waals surface area contributed by atoms with Crippen LogP contribution in [0.25, 0.3) is 0 Å². The first-order valence-corrected chi connectivity index (χ1v) is 26.1. The van der Waals surface area contributed by atoms with Gasteiger partial charge in [0, 0.05) is 12.8 Å². The highest BCUT2D eigenvalue weighted by molar-refractivity contribution is 5.76. The van der Waals surface area contributed by atoms with E-state index in [1.54, 1.807) is 6.08 Å². The van der Waals surface area contributed by atoms with Gasteiger partial charge in [0.25, 0.3) is 0 Å². The third-order valence-electron chi connectivity index (χ3n) is 12.0. The number of carbonyl (C=O) groups is 2. The predicted molar refractivity (Wildman–Crippen MR) is 255 cm³/mol. The third-order valence-corrected chi connectivity index (χ3v) is 12.0. The van der Waals surface area contributed by atoms with E-state index >= 15 is 0 Å². The molecule has 0 aliphatic carbocycles. The van der Waals surface area contributed by atoms with E-state index in [1.165, 1.54) is 193 Å². The van der Waals surface area contributed by atoms with E-state index in [4.69, 9.17) is 4.74 Å². The Kier molecular flexibility index (Phi) is 47.6. The van der Waals surface area contributed by atoms with Crippen LogP contribution in [0.2, 0.25) is 0 Å². The molecule has 0 fully saturated rings. The lowest BCUT2D eigenvalue weighted by molar-refractivity contribution is -0.143. The molecule has 0 aromatic heterocycles. The normalized spacial score (nSPS) is 12.8. The lowest BCUT2D eigenvalue weighted by Crippen LogP contribution is -2.45. The third kappa shape index (κ3) is 45.7. The minimum atomic E-state index is -0.851. The Morgan fingerprint density at radius 2 is 0.797 bits per heavy atom. The molecule has 0 aliphatic rings. The lowest BCUT2D eigenvalue weighted by Gasteiger charge is -2.20. The van der Waals surface area contributed by atoms with Crippen LogP contribution < -0.4 is 5.32 Å². The summed E-state index contributed by atoms with van der Waals surface area (Å²) in [5, 5.41) is 23.0. The first-order chi connectivity index (χ1) is 29.0. The summed E-state index contributed by atoms with van der Waals surface area (Å²) in [6.45, 7) is 4.87. The van der Waals surface area contributed by atoms with Crippen molar-refractivity contribution in [1.82, 2.24) is 5.32 Å². The van der Waals surface area contributed by atoms with Gasteiger partial charge in [-0.1, -0.05) is 231 Å². The molecule has 0 spiro atoms. The number of esters is 1. The Labute approximate surface area is 367 Å². The maximum atomic E-state index is 12.4. The molecule has 2 atom stereocenters. The quantitative estimate of drug-likeness (QED) is 0.0322. The van der Waals surface area contributed by atoms with E-state index in [0.29, 0.717) is 19.4 Å². The van der Waals surface area contributed by atoms with Gasteiger partial charge in [-0.05, 0) is 57.8 Å². The number of rotatable bonds is 48. The van der Waals surface area contributed by atoms with E-state index in [0.717, 1.165) is 57.8 Å². The summed E-state index contributed by atoms with van der Waals surface area (Å²) >= 11 is 0. The standard InChI is InChI=1S/C53H101NO5/c1-3-5-7-9-11-13-15-16-22-26-29-33-37-41-45-51(56)50(49-55)54-52(57)46-42-38-34-30-27-23-20-18-17-19-21-24-28-32-36-40-44-48-59-53(58)47-43-39-35-31-25-14-12-10-8-6-4-2/h17,19,41,45,50-51,55-56H,3-16,18,20-40,42-44,46-49H2,1-2H3,(H,54,57)/b19-17-,45-41+. The molecule has 1 amide bonds. The van der Waals surface area contributed by atoms with Gasteiger partial charge in [-0.25, -0.2) is 0 Å². The van der Waals surface area contributed by atoms with E-state index in [2.05, 4.69) is 31.3 Å². The van der Waals surface area contributed by atoms with Crippen molar-refractivity contribution in [3.05, 3.63) is 24.3 Å². The second kappa shape index (κ2) is 49.0.